The average molecular weight is 308 g/mol. The van der Waals surface area contributed by atoms with E-state index in [9.17, 15) is 4.79 Å². The largest absolute Gasteiger partial charge is 0.373 e. The van der Waals surface area contributed by atoms with Crippen LogP contribution in [0.4, 0.5) is 11.6 Å². The van der Waals surface area contributed by atoms with Gasteiger partial charge in [0.15, 0.2) is 5.82 Å². The molecule has 0 radical (unpaired) electrons. The number of hydrogen-bond donors (Lipinski definition) is 2. The van der Waals surface area contributed by atoms with Crippen LogP contribution in [0.1, 0.15) is 10.4 Å². The number of carbonyl (C=O) groups is 1. The molecule has 92 valence electrons. The molecule has 0 aromatic carbocycles. The number of halogens is 1. The van der Waals surface area contributed by atoms with E-state index in [1.54, 1.807) is 25.4 Å². The fourth-order valence-electron chi connectivity index (χ4n) is 1.27. The van der Waals surface area contributed by atoms with Crippen LogP contribution in [0.3, 0.4) is 0 Å². The molecule has 0 aliphatic carbocycles. The summed E-state index contributed by atoms with van der Waals surface area (Å²) >= 11 is 3.17. The van der Waals surface area contributed by atoms with Crippen molar-refractivity contribution >= 4 is 33.5 Å². The summed E-state index contributed by atoms with van der Waals surface area (Å²) in [5.41, 5.74) is 0.499. The van der Waals surface area contributed by atoms with Crippen molar-refractivity contribution < 1.29 is 4.79 Å². The van der Waals surface area contributed by atoms with Crippen molar-refractivity contribution in [2.45, 2.75) is 0 Å². The lowest BCUT2D eigenvalue weighted by Gasteiger charge is -2.05. The summed E-state index contributed by atoms with van der Waals surface area (Å²) in [6.07, 6.45) is 4.55. The van der Waals surface area contributed by atoms with Crippen molar-refractivity contribution in [3.05, 3.63) is 40.9 Å². The van der Waals surface area contributed by atoms with E-state index < -0.39 is 0 Å². The quantitative estimate of drug-likeness (QED) is 0.905. The molecule has 1 amide bonds. The fourth-order valence-corrected chi connectivity index (χ4v) is 1.48. The van der Waals surface area contributed by atoms with Gasteiger partial charge in [0.1, 0.15) is 10.4 Å². The molecule has 0 unspecified atom stereocenters. The fraction of sp³-hybridized carbons (Fsp3) is 0.0909. The Hall–Kier alpha value is -2.02. The normalized spacial score (nSPS) is 9.89. The molecule has 18 heavy (non-hydrogen) atoms. The zero-order valence-electron chi connectivity index (χ0n) is 9.51. The van der Waals surface area contributed by atoms with Crippen LogP contribution in [-0.2, 0) is 0 Å². The Kier molecular flexibility index (Phi) is 3.83. The Morgan fingerprint density at radius 3 is 2.72 bits per heavy atom. The smallest absolute Gasteiger partial charge is 0.257 e. The third kappa shape index (κ3) is 3.01. The van der Waals surface area contributed by atoms with E-state index in [-0.39, 0.29) is 5.91 Å². The third-order valence-electron chi connectivity index (χ3n) is 2.14. The molecule has 2 heterocycles. The Morgan fingerprint density at radius 2 is 2.06 bits per heavy atom. The molecule has 0 bridgehead atoms. The van der Waals surface area contributed by atoms with Crippen molar-refractivity contribution in [3.8, 4) is 0 Å². The lowest BCUT2D eigenvalue weighted by molar-refractivity contribution is 0.102. The molecule has 2 aromatic heterocycles. The predicted molar refractivity (Wildman–Crippen MR) is 71.5 cm³/mol. The van der Waals surface area contributed by atoms with E-state index in [4.69, 9.17) is 0 Å². The summed E-state index contributed by atoms with van der Waals surface area (Å²) in [6.45, 7) is 0. The number of carbonyl (C=O) groups excluding carboxylic acids is 1. The van der Waals surface area contributed by atoms with Gasteiger partial charge in [-0.3, -0.25) is 4.79 Å². The van der Waals surface area contributed by atoms with Gasteiger partial charge in [0.05, 0.1) is 12.4 Å². The highest BCUT2D eigenvalue weighted by atomic mass is 79.9. The van der Waals surface area contributed by atoms with Gasteiger partial charge in [0, 0.05) is 18.8 Å². The SMILES string of the molecule is CNc1cc(C(=O)Nc2cnc(Br)cn2)ccn1. The van der Waals surface area contributed by atoms with E-state index in [0.717, 1.165) is 0 Å². The molecule has 0 spiro atoms. The maximum Gasteiger partial charge on any atom is 0.257 e. The van der Waals surface area contributed by atoms with Crippen LogP contribution < -0.4 is 10.6 Å². The minimum absolute atomic E-state index is 0.259. The first-order chi connectivity index (χ1) is 8.69. The molecule has 0 saturated heterocycles. The third-order valence-corrected chi connectivity index (χ3v) is 2.55. The summed E-state index contributed by atoms with van der Waals surface area (Å²) in [5, 5.41) is 5.52. The topological polar surface area (TPSA) is 79.8 Å². The number of anilines is 2. The number of amides is 1. The highest BCUT2D eigenvalue weighted by molar-refractivity contribution is 9.10. The van der Waals surface area contributed by atoms with Gasteiger partial charge in [-0.25, -0.2) is 15.0 Å². The van der Waals surface area contributed by atoms with Crippen molar-refractivity contribution in [2.24, 2.45) is 0 Å². The molecule has 0 atom stereocenters. The molecular formula is C11H10BrN5O. The lowest BCUT2D eigenvalue weighted by Crippen LogP contribution is -2.13. The number of nitrogens with one attached hydrogen (secondary N) is 2. The monoisotopic (exact) mass is 307 g/mol. The van der Waals surface area contributed by atoms with Crippen molar-refractivity contribution in [1.29, 1.82) is 0 Å². The molecule has 0 aliphatic rings. The second kappa shape index (κ2) is 5.54. The van der Waals surface area contributed by atoms with E-state index in [1.807, 2.05) is 0 Å². The van der Waals surface area contributed by atoms with Gasteiger partial charge in [-0.2, -0.15) is 0 Å². The first-order valence-corrected chi connectivity index (χ1v) is 5.91. The van der Waals surface area contributed by atoms with Gasteiger partial charge in [0.2, 0.25) is 0 Å². The average Bonchev–Trinajstić information content (AvgIpc) is 2.41. The minimum Gasteiger partial charge on any atom is -0.373 e. The Labute approximate surface area is 112 Å². The van der Waals surface area contributed by atoms with Crippen molar-refractivity contribution in [1.82, 2.24) is 15.0 Å². The summed E-state index contributed by atoms with van der Waals surface area (Å²) in [5.74, 6) is 0.765. The number of hydrogen-bond acceptors (Lipinski definition) is 5. The van der Waals surface area contributed by atoms with Gasteiger partial charge in [-0.1, -0.05) is 0 Å². The molecule has 2 rings (SSSR count). The van der Waals surface area contributed by atoms with E-state index in [2.05, 4.69) is 41.5 Å². The van der Waals surface area contributed by atoms with Gasteiger partial charge in [-0.05, 0) is 28.1 Å². The Bertz CT molecular complexity index is 558. The summed E-state index contributed by atoms with van der Waals surface area (Å²) in [6, 6.07) is 3.28. The highest BCUT2D eigenvalue weighted by Gasteiger charge is 2.07. The van der Waals surface area contributed by atoms with E-state index >= 15 is 0 Å². The Balaban J connectivity index is 2.14. The minimum atomic E-state index is -0.259. The van der Waals surface area contributed by atoms with Crippen LogP contribution in [0.25, 0.3) is 0 Å². The summed E-state index contributed by atoms with van der Waals surface area (Å²) < 4.78 is 0.613. The molecule has 0 saturated carbocycles. The molecular weight excluding hydrogens is 298 g/mol. The maximum absolute atomic E-state index is 11.9. The maximum atomic E-state index is 11.9. The van der Waals surface area contributed by atoms with Gasteiger partial charge >= 0.3 is 0 Å². The zero-order valence-corrected chi connectivity index (χ0v) is 11.1. The standard InChI is InChI=1S/C11H10BrN5O/c1-13-9-4-7(2-3-14-9)11(18)17-10-6-15-8(12)5-16-10/h2-6H,1H3,(H,13,14)(H,16,17,18). The zero-order chi connectivity index (χ0) is 13.0. The van der Waals surface area contributed by atoms with Crippen LogP contribution in [0.2, 0.25) is 0 Å². The first-order valence-electron chi connectivity index (χ1n) is 5.12. The van der Waals surface area contributed by atoms with E-state index in [0.29, 0.717) is 21.8 Å². The summed E-state index contributed by atoms with van der Waals surface area (Å²) in [7, 11) is 1.74. The van der Waals surface area contributed by atoms with Crippen LogP contribution >= 0.6 is 15.9 Å². The van der Waals surface area contributed by atoms with Gasteiger partial charge in [0.25, 0.3) is 5.91 Å². The molecule has 6 nitrogen and oxygen atoms in total. The van der Waals surface area contributed by atoms with Crippen LogP contribution in [-0.4, -0.2) is 27.9 Å². The van der Waals surface area contributed by atoms with Crippen LogP contribution in [0.15, 0.2) is 35.3 Å². The van der Waals surface area contributed by atoms with Crippen LogP contribution in [0.5, 0.6) is 0 Å². The highest BCUT2D eigenvalue weighted by Crippen LogP contribution is 2.10. The number of nitrogens with zero attached hydrogens (tertiary/aromatic N) is 3. The molecule has 0 aliphatic heterocycles. The molecule has 2 N–H and O–H groups in total. The number of aromatic nitrogens is 3. The summed E-state index contributed by atoms with van der Waals surface area (Å²) in [4.78, 5) is 23.9. The van der Waals surface area contributed by atoms with Gasteiger partial charge in [-0.15, -0.1) is 0 Å². The molecule has 0 fully saturated rings. The first kappa shape index (κ1) is 12.4. The van der Waals surface area contributed by atoms with E-state index in [1.165, 1.54) is 12.4 Å². The second-order valence-corrected chi connectivity index (χ2v) is 4.17. The number of pyridine rings is 1. The Morgan fingerprint density at radius 1 is 1.22 bits per heavy atom. The number of rotatable bonds is 3. The van der Waals surface area contributed by atoms with Crippen molar-refractivity contribution in [2.75, 3.05) is 17.7 Å². The van der Waals surface area contributed by atoms with Crippen molar-refractivity contribution in [3.63, 3.8) is 0 Å². The lowest BCUT2D eigenvalue weighted by atomic mass is 10.2. The van der Waals surface area contributed by atoms with Gasteiger partial charge < -0.3 is 10.6 Å². The second-order valence-electron chi connectivity index (χ2n) is 3.36. The molecule has 2 aromatic rings. The predicted octanol–water partition coefficient (Wildman–Crippen LogP) is 1.93. The van der Waals surface area contributed by atoms with Crippen LogP contribution in [0, 0.1) is 0 Å². The molecule has 7 heteroatoms.